The smallest absolute Gasteiger partial charge is 0.275 e. The Kier molecular flexibility index (Phi) is 6.44. The summed E-state index contributed by atoms with van der Waals surface area (Å²) < 4.78 is 1.49. The van der Waals surface area contributed by atoms with Gasteiger partial charge in [0.25, 0.3) is 5.56 Å². The first-order chi connectivity index (χ1) is 15.5. The fraction of sp³-hybridized carbons (Fsp3) is 0.280. The van der Waals surface area contributed by atoms with Gasteiger partial charge in [-0.2, -0.15) is 5.10 Å². The summed E-state index contributed by atoms with van der Waals surface area (Å²) in [5.74, 6) is 1.42. The molecule has 0 aliphatic rings. The van der Waals surface area contributed by atoms with Gasteiger partial charge in [0.15, 0.2) is 0 Å². The van der Waals surface area contributed by atoms with Crippen LogP contribution in [0.2, 0.25) is 0 Å². The largest absolute Gasteiger partial charge is 0.375 e. The molecule has 1 N–H and O–H groups in total. The van der Waals surface area contributed by atoms with E-state index in [1.807, 2.05) is 62.4 Å². The summed E-state index contributed by atoms with van der Waals surface area (Å²) in [7, 11) is 2.10. The van der Waals surface area contributed by atoms with Crippen LogP contribution >= 0.6 is 0 Å². The van der Waals surface area contributed by atoms with Crippen LogP contribution in [0, 0.1) is 6.92 Å². The fourth-order valence-corrected chi connectivity index (χ4v) is 3.75. The molecular formula is C25H28N6O. The molecule has 2 heterocycles. The van der Waals surface area contributed by atoms with Gasteiger partial charge in [0.2, 0.25) is 0 Å². The Hall–Kier alpha value is -3.74. The van der Waals surface area contributed by atoms with Crippen molar-refractivity contribution in [1.29, 1.82) is 0 Å². The fourth-order valence-electron chi connectivity index (χ4n) is 3.75. The van der Waals surface area contributed by atoms with Crippen molar-refractivity contribution in [1.82, 2.24) is 19.7 Å². The quantitative estimate of drug-likeness (QED) is 0.427. The lowest BCUT2D eigenvalue weighted by atomic mass is 10.2. The van der Waals surface area contributed by atoms with Gasteiger partial charge in [-0.15, -0.1) is 0 Å². The number of fused-ring (bicyclic) bond motifs is 1. The second kappa shape index (κ2) is 9.60. The van der Waals surface area contributed by atoms with E-state index in [1.54, 1.807) is 6.20 Å². The number of benzene rings is 2. The number of nitrogens with zero attached hydrogens (tertiary/aromatic N) is 5. The standard InChI is InChI=1S/C25H28N6O/c1-18(31-25(32)22-13-8-7-10-20(22)17-27-31)23-16-24(29-19(2)28-23)26-14-9-15-30(3)21-11-5-4-6-12-21/h4-8,10-13,16-18H,9,14-15H2,1-3H3,(H,26,28,29). The third-order valence-corrected chi connectivity index (χ3v) is 5.55. The first-order valence-corrected chi connectivity index (χ1v) is 10.8. The van der Waals surface area contributed by atoms with Gasteiger partial charge in [-0.25, -0.2) is 14.6 Å². The maximum absolute atomic E-state index is 12.9. The normalized spacial score (nSPS) is 12.0. The number of aromatic nitrogens is 4. The second-order valence-corrected chi connectivity index (χ2v) is 7.92. The third kappa shape index (κ3) is 4.77. The summed E-state index contributed by atoms with van der Waals surface area (Å²) in [6.45, 7) is 5.51. The molecule has 1 atom stereocenters. The zero-order valence-electron chi connectivity index (χ0n) is 18.7. The minimum absolute atomic E-state index is 0.120. The highest BCUT2D eigenvalue weighted by atomic mass is 16.1. The van der Waals surface area contributed by atoms with E-state index in [-0.39, 0.29) is 11.6 Å². The van der Waals surface area contributed by atoms with E-state index in [2.05, 4.69) is 44.5 Å². The lowest BCUT2D eigenvalue weighted by Crippen LogP contribution is -2.27. The molecule has 2 aromatic carbocycles. The van der Waals surface area contributed by atoms with Crippen LogP contribution in [0.3, 0.4) is 0 Å². The van der Waals surface area contributed by atoms with Crippen LogP contribution in [0.25, 0.3) is 10.8 Å². The van der Waals surface area contributed by atoms with Gasteiger partial charge in [-0.05, 0) is 38.5 Å². The second-order valence-electron chi connectivity index (χ2n) is 7.92. The Morgan fingerprint density at radius 2 is 1.81 bits per heavy atom. The first kappa shape index (κ1) is 21.5. The van der Waals surface area contributed by atoms with Gasteiger partial charge in [0.05, 0.1) is 23.3 Å². The van der Waals surface area contributed by atoms with Crippen molar-refractivity contribution in [3.8, 4) is 0 Å². The molecule has 0 aliphatic carbocycles. The zero-order valence-corrected chi connectivity index (χ0v) is 18.7. The van der Waals surface area contributed by atoms with Gasteiger partial charge in [0.1, 0.15) is 11.6 Å². The highest BCUT2D eigenvalue weighted by Gasteiger charge is 2.16. The Bertz CT molecular complexity index is 1250. The van der Waals surface area contributed by atoms with Crippen LogP contribution < -0.4 is 15.8 Å². The van der Waals surface area contributed by atoms with Crippen molar-refractivity contribution in [3.63, 3.8) is 0 Å². The number of nitrogens with one attached hydrogen (secondary N) is 1. The first-order valence-electron chi connectivity index (χ1n) is 10.8. The van der Waals surface area contributed by atoms with Crippen molar-refractivity contribution >= 4 is 22.3 Å². The minimum atomic E-state index is -0.307. The van der Waals surface area contributed by atoms with Gasteiger partial charge in [-0.1, -0.05) is 36.4 Å². The molecule has 0 aliphatic heterocycles. The van der Waals surface area contributed by atoms with Crippen molar-refractivity contribution in [2.24, 2.45) is 0 Å². The van der Waals surface area contributed by atoms with Crippen LogP contribution in [-0.4, -0.2) is 39.9 Å². The molecule has 0 saturated carbocycles. The molecule has 0 radical (unpaired) electrons. The van der Waals surface area contributed by atoms with Crippen LogP contribution in [0.5, 0.6) is 0 Å². The highest BCUT2D eigenvalue weighted by molar-refractivity contribution is 5.80. The van der Waals surface area contributed by atoms with E-state index < -0.39 is 0 Å². The number of anilines is 2. The molecule has 7 heteroatoms. The summed E-state index contributed by atoms with van der Waals surface area (Å²) in [5, 5.41) is 9.27. The molecule has 0 bridgehead atoms. The Morgan fingerprint density at radius 1 is 1.06 bits per heavy atom. The predicted molar refractivity (Wildman–Crippen MR) is 129 cm³/mol. The van der Waals surface area contributed by atoms with Crippen LogP contribution in [0.1, 0.15) is 30.9 Å². The van der Waals surface area contributed by atoms with Gasteiger partial charge in [-0.3, -0.25) is 4.79 Å². The molecule has 0 amide bonds. The Morgan fingerprint density at radius 3 is 2.62 bits per heavy atom. The van der Waals surface area contributed by atoms with Crippen LogP contribution in [0.4, 0.5) is 11.5 Å². The minimum Gasteiger partial charge on any atom is -0.375 e. The molecule has 1 unspecified atom stereocenters. The molecule has 4 rings (SSSR count). The third-order valence-electron chi connectivity index (χ3n) is 5.55. The summed E-state index contributed by atoms with van der Waals surface area (Å²) >= 11 is 0. The molecule has 164 valence electrons. The zero-order chi connectivity index (χ0) is 22.5. The molecule has 2 aromatic heterocycles. The molecular weight excluding hydrogens is 400 g/mol. The summed E-state index contributed by atoms with van der Waals surface area (Å²) in [5.41, 5.74) is 1.84. The molecule has 4 aromatic rings. The monoisotopic (exact) mass is 428 g/mol. The number of hydrogen-bond donors (Lipinski definition) is 1. The van der Waals surface area contributed by atoms with E-state index in [9.17, 15) is 4.79 Å². The van der Waals surface area contributed by atoms with Crippen molar-refractivity contribution < 1.29 is 0 Å². The van der Waals surface area contributed by atoms with E-state index in [0.717, 1.165) is 36.4 Å². The number of rotatable bonds is 8. The maximum atomic E-state index is 12.9. The van der Waals surface area contributed by atoms with E-state index in [0.29, 0.717) is 11.2 Å². The lowest BCUT2D eigenvalue weighted by Gasteiger charge is -2.19. The van der Waals surface area contributed by atoms with Crippen molar-refractivity contribution in [2.45, 2.75) is 26.3 Å². The van der Waals surface area contributed by atoms with Gasteiger partial charge >= 0.3 is 0 Å². The molecule has 0 saturated heterocycles. The van der Waals surface area contributed by atoms with Crippen molar-refractivity contribution in [2.75, 3.05) is 30.4 Å². The lowest BCUT2D eigenvalue weighted by molar-refractivity contribution is 0.523. The van der Waals surface area contributed by atoms with E-state index >= 15 is 0 Å². The van der Waals surface area contributed by atoms with Gasteiger partial charge in [0, 0.05) is 37.3 Å². The van der Waals surface area contributed by atoms with Crippen LogP contribution in [0.15, 0.2) is 71.7 Å². The molecule has 7 nitrogen and oxygen atoms in total. The Labute approximate surface area is 187 Å². The number of para-hydroxylation sites is 1. The van der Waals surface area contributed by atoms with Crippen molar-refractivity contribution in [3.05, 3.63) is 88.7 Å². The average Bonchev–Trinajstić information content (AvgIpc) is 2.82. The average molecular weight is 429 g/mol. The molecule has 0 fully saturated rings. The molecule has 32 heavy (non-hydrogen) atoms. The molecule has 0 spiro atoms. The van der Waals surface area contributed by atoms with E-state index in [1.165, 1.54) is 10.4 Å². The summed E-state index contributed by atoms with van der Waals surface area (Å²) in [6, 6.07) is 19.4. The SMILES string of the molecule is Cc1nc(NCCCN(C)c2ccccc2)cc(C(C)n2ncc3ccccc3c2=O)n1. The summed E-state index contributed by atoms with van der Waals surface area (Å²) in [4.78, 5) is 24.3. The van der Waals surface area contributed by atoms with Crippen LogP contribution in [-0.2, 0) is 0 Å². The number of aryl methyl sites for hydroxylation is 1. The number of hydrogen-bond acceptors (Lipinski definition) is 6. The summed E-state index contributed by atoms with van der Waals surface area (Å²) in [6.07, 6.45) is 2.69. The van der Waals surface area contributed by atoms with E-state index in [4.69, 9.17) is 0 Å². The Balaban J connectivity index is 1.44. The topological polar surface area (TPSA) is 75.9 Å². The predicted octanol–water partition coefficient (Wildman–Crippen LogP) is 4.04. The maximum Gasteiger partial charge on any atom is 0.275 e. The van der Waals surface area contributed by atoms with Gasteiger partial charge < -0.3 is 10.2 Å². The highest BCUT2D eigenvalue weighted by Crippen LogP contribution is 2.18.